The monoisotopic (exact) mass is 711 g/mol. The summed E-state index contributed by atoms with van der Waals surface area (Å²) >= 11 is 12.0. The number of carboxylic acid groups (broad SMARTS) is 1. The van der Waals surface area contributed by atoms with Gasteiger partial charge in [0.1, 0.15) is 5.82 Å². The average Bonchev–Trinajstić information content (AvgIpc) is 3.03. The third-order valence-corrected chi connectivity index (χ3v) is 9.51. The Bertz CT molecular complexity index is 1750. The molecular weight excluding hydrogens is 678 g/mol. The molecule has 0 radical (unpaired) electrons. The highest BCUT2D eigenvalue weighted by Gasteiger charge is 2.38. The first-order valence-electron chi connectivity index (χ1n) is 14.7. The number of nitrogens with zero attached hydrogens (tertiary/aromatic N) is 3. The molecule has 47 heavy (non-hydrogen) atoms. The third-order valence-electron chi connectivity index (χ3n) is 7.67. The number of benzene rings is 3. The quantitative estimate of drug-likeness (QED) is 0.155. The molecule has 5 rings (SSSR count). The molecule has 0 unspecified atom stereocenters. The van der Waals surface area contributed by atoms with Crippen molar-refractivity contribution < 1.29 is 31.5 Å². The van der Waals surface area contributed by atoms with Gasteiger partial charge in [-0.2, -0.15) is 18.2 Å². The number of aliphatic carboxylic acids is 1. The minimum absolute atomic E-state index is 0.0899. The standard InChI is InChI=1S/C30H33Cl2N5O2S.C2HF3O2/c1-37(20-23-7-3-2-4-8-23)29-27-9-5-6-10-28(27)35-30(36-29)33-18-21-11-13-22(14-12-21)19-34-40(38,39)26-16-24(31)15-25(32)17-26;3-2(4,5)1(6)7/h2-10,15-17,21-22,34H,11-14,18-20H2,1H3,(H,33,35,36);(H,6,7). The maximum Gasteiger partial charge on any atom is 0.490 e. The number of alkyl halides is 3. The lowest BCUT2D eigenvalue weighted by atomic mass is 9.82. The van der Waals surface area contributed by atoms with E-state index in [0.29, 0.717) is 28.5 Å². The van der Waals surface area contributed by atoms with Crippen LogP contribution in [0.15, 0.2) is 77.7 Å². The Kier molecular flexibility index (Phi) is 12.3. The van der Waals surface area contributed by atoms with Crippen LogP contribution in [0.5, 0.6) is 0 Å². The molecule has 252 valence electrons. The molecule has 1 fully saturated rings. The Morgan fingerprint density at radius 3 is 2.06 bits per heavy atom. The molecule has 15 heteroatoms. The van der Waals surface area contributed by atoms with Crippen molar-refractivity contribution >= 4 is 61.9 Å². The number of sulfonamides is 1. The smallest absolute Gasteiger partial charge is 0.475 e. The van der Waals surface area contributed by atoms with Crippen molar-refractivity contribution in [1.29, 1.82) is 0 Å². The largest absolute Gasteiger partial charge is 0.490 e. The van der Waals surface area contributed by atoms with Gasteiger partial charge in [-0.15, -0.1) is 0 Å². The third kappa shape index (κ3) is 10.7. The van der Waals surface area contributed by atoms with E-state index >= 15 is 0 Å². The zero-order chi connectivity index (χ0) is 34.2. The van der Waals surface area contributed by atoms with E-state index < -0.39 is 22.2 Å². The van der Waals surface area contributed by atoms with Crippen LogP contribution in [0.25, 0.3) is 10.9 Å². The summed E-state index contributed by atoms with van der Waals surface area (Å²) in [4.78, 5) is 20.8. The minimum atomic E-state index is -5.08. The van der Waals surface area contributed by atoms with E-state index in [1.54, 1.807) is 0 Å². The maximum atomic E-state index is 12.7. The van der Waals surface area contributed by atoms with E-state index in [1.165, 1.54) is 23.8 Å². The second kappa shape index (κ2) is 16.0. The summed E-state index contributed by atoms with van der Waals surface area (Å²) in [5.41, 5.74) is 2.13. The predicted molar refractivity (Wildman–Crippen MR) is 177 cm³/mol. The number of hydrogen-bond donors (Lipinski definition) is 3. The van der Waals surface area contributed by atoms with E-state index in [2.05, 4.69) is 40.2 Å². The van der Waals surface area contributed by atoms with Gasteiger partial charge in [0.15, 0.2) is 0 Å². The Hall–Kier alpha value is -3.65. The number of nitrogens with one attached hydrogen (secondary N) is 2. The number of para-hydroxylation sites is 1. The fraction of sp³-hybridized carbons (Fsp3) is 0.344. The van der Waals surface area contributed by atoms with Crippen molar-refractivity contribution in [3.05, 3.63) is 88.4 Å². The molecular formula is C32H34Cl2F3N5O4S. The molecule has 0 bridgehead atoms. The van der Waals surface area contributed by atoms with E-state index in [4.69, 9.17) is 43.1 Å². The van der Waals surface area contributed by atoms with Gasteiger partial charge in [0.2, 0.25) is 16.0 Å². The Balaban J connectivity index is 0.000000644. The Morgan fingerprint density at radius 2 is 1.47 bits per heavy atom. The maximum absolute atomic E-state index is 12.7. The van der Waals surface area contributed by atoms with E-state index in [-0.39, 0.29) is 10.8 Å². The Labute approximate surface area is 281 Å². The van der Waals surface area contributed by atoms with Crippen LogP contribution in [0.2, 0.25) is 10.0 Å². The molecule has 0 atom stereocenters. The van der Waals surface area contributed by atoms with Gasteiger partial charge in [-0.3, -0.25) is 0 Å². The van der Waals surface area contributed by atoms with Crippen LogP contribution >= 0.6 is 23.2 Å². The van der Waals surface area contributed by atoms with Crippen LogP contribution in [0, 0.1) is 11.8 Å². The number of halogens is 5. The van der Waals surface area contributed by atoms with Crippen LogP contribution in [-0.2, 0) is 21.4 Å². The van der Waals surface area contributed by atoms with Crippen molar-refractivity contribution in [1.82, 2.24) is 14.7 Å². The van der Waals surface area contributed by atoms with Gasteiger partial charge in [-0.05, 0) is 73.4 Å². The van der Waals surface area contributed by atoms with Crippen molar-refractivity contribution in [2.24, 2.45) is 11.8 Å². The summed E-state index contributed by atoms with van der Waals surface area (Å²) in [6.45, 7) is 1.93. The lowest BCUT2D eigenvalue weighted by Gasteiger charge is -2.29. The molecule has 1 aliphatic carbocycles. The van der Waals surface area contributed by atoms with Crippen molar-refractivity contribution in [2.75, 3.05) is 30.4 Å². The lowest BCUT2D eigenvalue weighted by Crippen LogP contribution is -2.32. The highest BCUT2D eigenvalue weighted by Crippen LogP contribution is 2.30. The van der Waals surface area contributed by atoms with Crippen LogP contribution in [0.4, 0.5) is 24.9 Å². The fourth-order valence-electron chi connectivity index (χ4n) is 5.23. The summed E-state index contributed by atoms with van der Waals surface area (Å²) in [6, 6.07) is 22.8. The van der Waals surface area contributed by atoms with E-state index in [1.807, 2.05) is 36.4 Å². The zero-order valence-corrected chi connectivity index (χ0v) is 27.7. The first kappa shape index (κ1) is 36.2. The number of carbonyl (C=O) groups is 1. The fourth-order valence-corrected chi connectivity index (χ4v) is 7.07. The zero-order valence-electron chi connectivity index (χ0n) is 25.3. The number of aromatic nitrogens is 2. The number of hydrogen-bond acceptors (Lipinski definition) is 7. The molecule has 3 N–H and O–H groups in total. The van der Waals surface area contributed by atoms with Gasteiger partial charge in [-0.1, -0.05) is 65.7 Å². The summed E-state index contributed by atoms with van der Waals surface area (Å²) in [6.07, 6.45) is -1.16. The molecule has 0 amide bonds. The number of anilines is 2. The van der Waals surface area contributed by atoms with Crippen molar-refractivity contribution in [2.45, 2.75) is 43.3 Å². The summed E-state index contributed by atoms with van der Waals surface area (Å²) in [7, 11) is -1.61. The van der Waals surface area contributed by atoms with E-state index in [0.717, 1.165) is 55.5 Å². The molecule has 0 aliphatic heterocycles. The first-order chi connectivity index (χ1) is 22.2. The summed E-state index contributed by atoms with van der Waals surface area (Å²) in [5, 5.41) is 12.2. The summed E-state index contributed by atoms with van der Waals surface area (Å²) in [5.74, 6) is -0.471. The van der Waals surface area contributed by atoms with Crippen LogP contribution < -0.4 is 14.9 Å². The van der Waals surface area contributed by atoms with Gasteiger partial charge in [0, 0.05) is 42.1 Å². The molecule has 1 aromatic heterocycles. The predicted octanol–water partition coefficient (Wildman–Crippen LogP) is 7.40. The molecule has 3 aromatic carbocycles. The molecule has 1 heterocycles. The van der Waals surface area contributed by atoms with Crippen LogP contribution in [0.3, 0.4) is 0 Å². The van der Waals surface area contributed by atoms with Gasteiger partial charge in [-0.25, -0.2) is 22.9 Å². The van der Waals surface area contributed by atoms with Gasteiger partial charge >= 0.3 is 12.1 Å². The molecule has 0 saturated heterocycles. The minimum Gasteiger partial charge on any atom is -0.475 e. The van der Waals surface area contributed by atoms with Crippen molar-refractivity contribution in [3.63, 3.8) is 0 Å². The normalized spacial score (nSPS) is 16.6. The SMILES string of the molecule is CN(Cc1ccccc1)c1nc(NCC2CCC(CNS(=O)(=O)c3cc(Cl)cc(Cl)c3)CC2)nc2ccccc12.O=C(O)C(F)(F)F. The molecule has 0 spiro atoms. The molecule has 4 aromatic rings. The number of fused-ring (bicyclic) bond motifs is 1. The van der Waals surface area contributed by atoms with Gasteiger partial charge < -0.3 is 15.3 Å². The topological polar surface area (TPSA) is 125 Å². The van der Waals surface area contributed by atoms with Crippen LogP contribution in [-0.4, -0.2) is 55.8 Å². The number of carboxylic acids is 1. The highest BCUT2D eigenvalue weighted by molar-refractivity contribution is 7.89. The average molecular weight is 713 g/mol. The first-order valence-corrected chi connectivity index (χ1v) is 17.0. The molecule has 1 aliphatic rings. The van der Waals surface area contributed by atoms with Crippen molar-refractivity contribution in [3.8, 4) is 0 Å². The lowest BCUT2D eigenvalue weighted by molar-refractivity contribution is -0.192. The van der Waals surface area contributed by atoms with Gasteiger partial charge in [0.25, 0.3) is 0 Å². The van der Waals surface area contributed by atoms with Crippen LogP contribution in [0.1, 0.15) is 31.2 Å². The van der Waals surface area contributed by atoms with E-state index in [9.17, 15) is 21.6 Å². The highest BCUT2D eigenvalue weighted by atomic mass is 35.5. The Morgan fingerprint density at radius 1 is 0.915 bits per heavy atom. The second-order valence-electron chi connectivity index (χ2n) is 11.3. The summed E-state index contributed by atoms with van der Waals surface area (Å²) < 4.78 is 59.9. The number of rotatable bonds is 10. The molecule has 1 saturated carbocycles. The van der Waals surface area contributed by atoms with Gasteiger partial charge in [0.05, 0.1) is 10.4 Å². The second-order valence-corrected chi connectivity index (χ2v) is 13.9. The molecule has 9 nitrogen and oxygen atoms in total.